The molecule has 1 aliphatic rings. The summed E-state index contributed by atoms with van der Waals surface area (Å²) in [5.74, 6) is 0.189. The molecular weight excluding hydrogens is 266 g/mol. The molecule has 0 radical (unpaired) electrons. The number of benzene rings is 1. The van der Waals surface area contributed by atoms with E-state index in [9.17, 15) is 4.79 Å². The van der Waals surface area contributed by atoms with Gasteiger partial charge in [-0.15, -0.1) is 0 Å². The first kappa shape index (κ1) is 11.6. The van der Waals surface area contributed by atoms with E-state index in [0.717, 1.165) is 24.1 Å². The number of amides is 1. The van der Waals surface area contributed by atoms with Gasteiger partial charge in [-0.05, 0) is 23.6 Å². The number of halogens is 1. The lowest BCUT2D eigenvalue weighted by Crippen LogP contribution is -2.20. The van der Waals surface area contributed by atoms with Gasteiger partial charge in [-0.3, -0.25) is 4.79 Å². The van der Waals surface area contributed by atoms with Crippen molar-refractivity contribution in [2.75, 3.05) is 11.9 Å². The van der Waals surface area contributed by atoms with Gasteiger partial charge in [0.05, 0.1) is 6.42 Å². The first-order chi connectivity index (χ1) is 7.63. The summed E-state index contributed by atoms with van der Waals surface area (Å²) < 4.78 is 0. The zero-order valence-electron chi connectivity index (χ0n) is 9.66. The van der Waals surface area contributed by atoms with Crippen molar-refractivity contribution in [2.45, 2.75) is 31.0 Å². The van der Waals surface area contributed by atoms with Gasteiger partial charge in [0.25, 0.3) is 0 Å². The van der Waals surface area contributed by atoms with Crippen molar-refractivity contribution in [2.24, 2.45) is 0 Å². The second kappa shape index (κ2) is 4.58. The molecule has 0 N–H and O–H groups in total. The molecule has 3 heteroatoms. The van der Waals surface area contributed by atoms with Crippen molar-refractivity contribution in [1.82, 2.24) is 0 Å². The van der Waals surface area contributed by atoms with Crippen LogP contribution in [0.15, 0.2) is 18.2 Å². The number of hydrogen-bond donors (Lipinski definition) is 0. The average molecular weight is 282 g/mol. The van der Waals surface area contributed by atoms with Crippen molar-refractivity contribution in [3.63, 3.8) is 0 Å². The standard InChI is InChI=1S/C13H16BrNO/c1-3-4-11(14)9-5-6-12-10(7-9)8-13(16)15(12)2/h5-7,11H,3-4,8H2,1-2H3. The number of nitrogens with zero attached hydrogens (tertiary/aromatic N) is 1. The second-order valence-corrected chi connectivity index (χ2v) is 5.38. The zero-order valence-corrected chi connectivity index (χ0v) is 11.3. The Balaban J connectivity index is 2.28. The fourth-order valence-electron chi connectivity index (χ4n) is 2.11. The van der Waals surface area contributed by atoms with Gasteiger partial charge in [-0.1, -0.05) is 41.4 Å². The number of anilines is 1. The molecule has 0 saturated carbocycles. The molecule has 2 rings (SSSR count). The summed E-state index contributed by atoms with van der Waals surface area (Å²) >= 11 is 3.69. The second-order valence-electron chi connectivity index (χ2n) is 4.27. The van der Waals surface area contributed by atoms with Gasteiger partial charge in [-0.2, -0.15) is 0 Å². The quantitative estimate of drug-likeness (QED) is 0.778. The van der Waals surface area contributed by atoms with Crippen LogP contribution in [0.3, 0.4) is 0 Å². The van der Waals surface area contributed by atoms with Crippen molar-refractivity contribution in [1.29, 1.82) is 0 Å². The number of alkyl halides is 1. The van der Waals surface area contributed by atoms with Crippen LogP contribution >= 0.6 is 15.9 Å². The van der Waals surface area contributed by atoms with E-state index in [2.05, 4.69) is 41.1 Å². The van der Waals surface area contributed by atoms with Gasteiger partial charge in [0.2, 0.25) is 5.91 Å². The Hall–Kier alpha value is -0.830. The van der Waals surface area contributed by atoms with E-state index in [0.29, 0.717) is 11.2 Å². The van der Waals surface area contributed by atoms with Crippen LogP contribution in [0.1, 0.15) is 35.7 Å². The number of fused-ring (bicyclic) bond motifs is 1. The molecule has 16 heavy (non-hydrogen) atoms. The number of hydrogen-bond acceptors (Lipinski definition) is 1. The summed E-state index contributed by atoms with van der Waals surface area (Å²) in [5, 5.41) is 0. The lowest BCUT2D eigenvalue weighted by atomic mass is 10.0. The molecule has 1 aromatic carbocycles. The number of carbonyl (C=O) groups excluding carboxylic acids is 1. The Labute approximate surface area is 105 Å². The van der Waals surface area contributed by atoms with E-state index < -0.39 is 0 Å². The van der Waals surface area contributed by atoms with Gasteiger partial charge < -0.3 is 4.90 Å². The first-order valence-corrected chi connectivity index (χ1v) is 6.58. The molecule has 1 aliphatic heterocycles. The fraction of sp³-hybridized carbons (Fsp3) is 0.462. The van der Waals surface area contributed by atoms with Crippen molar-refractivity contribution in [3.05, 3.63) is 29.3 Å². The molecule has 0 bridgehead atoms. The molecular formula is C13H16BrNO. The molecule has 1 unspecified atom stereocenters. The van der Waals surface area contributed by atoms with E-state index >= 15 is 0 Å². The minimum absolute atomic E-state index is 0.189. The molecule has 1 atom stereocenters. The van der Waals surface area contributed by atoms with Gasteiger partial charge in [0, 0.05) is 17.6 Å². The van der Waals surface area contributed by atoms with Crippen LogP contribution in [0.4, 0.5) is 5.69 Å². The third-order valence-corrected chi connectivity index (χ3v) is 4.07. The fourth-order valence-corrected chi connectivity index (χ4v) is 2.85. The van der Waals surface area contributed by atoms with Gasteiger partial charge >= 0.3 is 0 Å². The van der Waals surface area contributed by atoms with Gasteiger partial charge in [0.1, 0.15) is 0 Å². The monoisotopic (exact) mass is 281 g/mol. The highest BCUT2D eigenvalue weighted by Crippen LogP contribution is 2.34. The molecule has 0 aromatic heterocycles. The minimum atomic E-state index is 0.189. The predicted octanol–water partition coefficient (Wildman–Crippen LogP) is 3.44. The molecule has 0 saturated heterocycles. The van der Waals surface area contributed by atoms with E-state index in [-0.39, 0.29) is 5.91 Å². The van der Waals surface area contributed by atoms with Crippen LogP contribution in [0.2, 0.25) is 0 Å². The molecule has 0 fully saturated rings. The third-order valence-electron chi connectivity index (χ3n) is 3.08. The maximum atomic E-state index is 11.6. The molecule has 1 amide bonds. The van der Waals surface area contributed by atoms with Crippen LogP contribution in [0.25, 0.3) is 0 Å². The van der Waals surface area contributed by atoms with Crippen LogP contribution in [-0.4, -0.2) is 13.0 Å². The van der Waals surface area contributed by atoms with Gasteiger partial charge in [0.15, 0.2) is 0 Å². The lowest BCUT2D eigenvalue weighted by molar-refractivity contribution is -0.117. The normalized spacial score (nSPS) is 16.4. The van der Waals surface area contributed by atoms with Crippen LogP contribution in [0.5, 0.6) is 0 Å². The van der Waals surface area contributed by atoms with Crippen molar-refractivity contribution >= 4 is 27.5 Å². The SMILES string of the molecule is CCCC(Br)c1ccc2c(c1)CC(=O)N2C. The Morgan fingerprint density at radius 3 is 2.94 bits per heavy atom. The molecule has 0 aliphatic carbocycles. The Kier molecular flexibility index (Phi) is 3.33. The maximum absolute atomic E-state index is 11.6. The molecule has 2 nitrogen and oxygen atoms in total. The van der Waals surface area contributed by atoms with E-state index in [1.807, 2.05) is 7.05 Å². The summed E-state index contributed by atoms with van der Waals surface area (Å²) in [4.78, 5) is 13.7. The summed E-state index contributed by atoms with van der Waals surface area (Å²) in [7, 11) is 1.84. The molecule has 86 valence electrons. The molecule has 1 aromatic rings. The number of carbonyl (C=O) groups is 1. The summed E-state index contributed by atoms with van der Waals surface area (Å²) in [6.07, 6.45) is 2.83. The smallest absolute Gasteiger partial charge is 0.231 e. The van der Waals surface area contributed by atoms with Crippen LogP contribution in [-0.2, 0) is 11.2 Å². The molecule has 1 heterocycles. The highest BCUT2D eigenvalue weighted by Gasteiger charge is 2.24. The minimum Gasteiger partial charge on any atom is -0.315 e. The van der Waals surface area contributed by atoms with Gasteiger partial charge in [-0.25, -0.2) is 0 Å². The van der Waals surface area contributed by atoms with E-state index in [1.54, 1.807) is 4.90 Å². The summed E-state index contributed by atoms with van der Waals surface area (Å²) in [5.41, 5.74) is 3.50. The largest absolute Gasteiger partial charge is 0.315 e. The van der Waals surface area contributed by atoms with Crippen molar-refractivity contribution < 1.29 is 4.79 Å². The Morgan fingerprint density at radius 2 is 2.25 bits per heavy atom. The lowest BCUT2D eigenvalue weighted by Gasteiger charge is -2.13. The van der Waals surface area contributed by atoms with Crippen molar-refractivity contribution in [3.8, 4) is 0 Å². The van der Waals surface area contributed by atoms with E-state index in [4.69, 9.17) is 0 Å². The number of likely N-dealkylation sites (N-methyl/N-ethyl adjacent to an activating group) is 1. The van der Waals surface area contributed by atoms with E-state index in [1.165, 1.54) is 5.56 Å². The average Bonchev–Trinajstić information content (AvgIpc) is 2.55. The highest BCUT2D eigenvalue weighted by molar-refractivity contribution is 9.09. The topological polar surface area (TPSA) is 20.3 Å². The Bertz CT molecular complexity index is 416. The predicted molar refractivity (Wildman–Crippen MR) is 70.1 cm³/mol. The van der Waals surface area contributed by atoms with Crippen LogP contribution < -0.4 is 4.90 Å². The maximum Gasteiger partial charge on any atom is 0.231 e. The highest BCUT2D eigenvalue weighted by atomic mass is 79.9. The number of rotatable bonds is 3. The Morgan fingerprint density at radius 1 is 1.50 bits per heavy atom. The third kappa shape index (κ3) is 2.01. The first-order valence-electron chi connectivity index (χ1n) is 5.67. The zero-order chi connectivity index (χ0) is 11.7. The van der Waals surface area contributed by atoms with Crippen LogP contribution in [0, 0.1) is 0 Å². The summed E-state index contributed by atoms with van der Waals surface area (Å²) in [6.45, 7) is 2.18. The molecule has 0 spiro atoms. The summed E-state index contributed by atoms with van der Waals surface area (Å²) in [6, 6.07) is 6.33.